The van der Waals surface area contributed by atoms with Crippen LogP contribution in [0.3, 0.4) is 0 Å². The number of rotatable bonds is 10. The van der Waals surface area contributed by atoms with E-state index in [1.165, 1.54) is 0 Å². The van der Waals surface area contributed by atoms with E-state index in [9.17, 15) is 14.7 Å². The second-order valence-corrected chi connectivity index (χ2v) is 8.03. The second-order valence-electron chi connectivity index (χ2n) is 8.03. The van der Waals surface area contributed by atoms with Crippen LogP contribution >= 0.6 is 0 Å². The zero-order chi connectivity index (χ0) is 20.3. The molecule has 8 nitrogen and oxygen atoms in total. The highest BCUT2D eigenvalue weighted by Crippen LogP contribution is 2.34. The lowest BCUT2D eigenvalue weighted by atomic mass is 10.0. The number of anilines is 1. The van der Waals surface area contributed by atoms with Crippen LogP contribution in [0.15, 0.2) is 12.1 Å². The van der Waals surface area contributed by atoms with Crippen LogP contribution in [0.1, 0.15) is 43.6 Å². The van der Waals surface area contributed by atoms with Gasteiger partial charge in [-0.05, 0) is 43.2 Å². The third-order valence-electron chi connectivity index (χ3n) is 5.06. The Hall–Kier alpha value is -2.35. The monoisotopic (exact) mass is 391 g/mol. The maximum atomic E-state index is 12.6. The molecule has 1 aromatic rings. The van der Waals surface area contributed by atoms with Gasteiger partial charge in [-0.15, -0.1) is 0 Å². The maximum absolute atomic E-state index is 12.6. The van der Waals surface area contributed by atoms with E-state index in [1.807, 2.05) is 19.9 Å². The molecule has 154 valence electrons. The molecule has 1 amide bonds. The number of hydrogen-bond acceptors (Lipinski definition) is 6. The van der Waals surface area contributed by atoms with Gasteiger partial charge in [0, 0.05) is 20.2 Å². The Kier molecular flexibility index (Phi) is 6.39. The zero-order valence-corrected chi connectivity index (χ0v) is 16.7. The number of carboxylic acids is 1. The molecule has 0 spiro atoms. The van der Waals surface area contributed by atoms with E-state index in [2.05, 4.69) is 15.2 Å². The molecule has 1 atom stereocenters. The third kappa shape index (κ3) is 5.13. The van der Waals surface area contributed by atoms with Crippen LogP contribution in [-0.2, 0) is 9.53 Å². The summed E-state index contributed by atoms with van der Waals surface area (Å²) >= 11 is 0. The first-order chi connectivity index (χ1) is 13.4. The SMILES string of the molecule is COC1CN(c2ccc(C(=O)NC(CC(C)C)C(=O)O)nc2OCC2CC2)C1. The largest absolute Gasteiger partial charge is 0.480 e. The van der Waals surface area contributed by atoms with E-state index < -0.39 is 17.9 Å². The molecule has 2 heterocycles. The highest BCUT2D eigenvalue weighted by atomic mass is 16.5. The number of aromatic nitrogens is 1. The number of aliphatic carboxylic acids is 1. The van der Waals surface area contributed by atoms with Crippen LogP contribution in [0.4, 0.5) is 5.69 Å². The first-order valence-electron chi connectivity index (χ1n) is 9.82. The van der Waals surface area contributed by atoms with Crippen LogP contribution in [0.5, 0.6) is 5.88 Å². The van der Waals surface area contributed by atoms with E-state index in [0.29, 0.717) is 24.8 Å². The Balaban J connectivity index is 1.73. The molecule has 0 radical (unpaired) electrons. The molecule has 1 saturated heterocycles. The van der Waals surface area contributed by atoms with Crippen LogP contribution < -0.4 is 15.0 Å². The molecular weight excluding hydrogens is 362 g/mol. The summed E-state index contributed by atoms with van der Waals surface area (Å²) in [6.07, 6.45) is 2.85. The summed E-state index contributed by atoms with van der Waals surface area (Å²) in [5.41, 5.74) is 0.996. The first-order valence-corrected chi connectivity index (χ1v) is 9.82. The lowest BCUT2D eigenvalue weighted by Crippen LogP contribution is -2.52. The number of carbonyl (C=O) groups is 2. The van der Waals surface area contributed by atoms with Gasteiger partial charge < -0.3 is 24.8 Å². The van der Waals surface area contributed by atoms with Gasteiger partial charge in [-0.2, -0.15) is 0 Å². The molecule has 1 aliphatic heterocycles. The van der Waals surface area contributed by atoms with E-state index >= 15 is 0 Å². The van der Waals surface area contributed by atoms with Gasteiger partial charge in [0.1, 0.15) is 17.4 Å². The topological polar surface area (TPSA) is 101 Å². The van der Waals surface area contributed by atoms with Crippen molar-refractivity contribution in [2.24, 2.45) is 11.8 Å². The lowest BCUT2D eigenvalue weighted by Gasteiger charge is -2.40. The van der Waals surface area contributed by atoms with E-state index in [1.54, 1.807) is 13.2 Å². The number of carbonyl (C=O) groups excluding carboxylic acids is 1. The minimum Gasteiger partial charge on any atom is -0.480 e. The summed E-state index contributed by atoms with van der Waals surface area (Å²) < 4.78 is 11.2. The molecule has 1 aliphatic carbocycles. The molecule has 1 unspecified atom stereocenters. The Morgan fingerprint density at radius 1 is 1.32 bits per heavy atom. The normalized spacial score (nSPS) is 17.9. The molecule has 28 heavy (non-hydrogen) atoms. The molecule has 0 bridgehead atoms. The number of carboxylic acid groups (broad SMARTS) is 1. The van der Waals surface area contributed by atoms with Crippen LogP contribution in [0.25, 0.3) is 0 Å². The number of hydrogen-bond donors (Lipinski definition) is 2. The summed E-state index contributed by atoms with van der Waals surface area (Å²) in [5, 5.41) is 11.9. The Morgan fingerprint density at radius 2 is 2.04 bits per heavy atom. The fourth-order valence-corrected chi connectivity index (χ4v) is 3.10. The molecule has 1 saturated carbocycles. The lowest BCUT2D eigenvalue weighted by molar-refractivity contribution is -0.139. The number of pyridine rings is 1. The molecule has 2 N–H and O–H groups in total. The van der Waals surface area contributed by atoms with Crippen molar-refractivity contribution in [2.75, 3.05) is 31.7 Å². The standard InChI is InChI=1S/C20H29N3O5/c1-12(2)8-16(20(25)26)21-18(24)15-6-7-17(23-9-14(10-23)27-3)19(22-15)28-11-13-4-5-13/h6-7,12-14,16H,4-5,8-11H2,1-3H3,(H,21,24)(H,25,26). The highest BCUT2D eigenvalue weighted by molar-refractivity contribution is 5.95. The minimum absolute atomic E-state index is 0.148. The van der Waals surface area contributed by atoms with Gasteiger partial charge in [0.05, 0.1) is 12.7 Å². The van der Waals surface area contributed by atoms with Gasteiger partial charge in [0.25, 0.3) is 5.91 Å². The number of ether oxygens (including phenoxy) is 2. The highest BCUT2D eigenvalue weighted by Gasteiger charge is 2.31. The summed E-state index contributed by atoms with van der Waals surface area (Å²) in [6, 6.07) is 2.49. The fraction of sp³-hybridized carbons (Fsp3) is 0.650. The molecule has 3 rings (SSSR count). The summed E-state index contributed by atoms with van der Waals surface area (Å²) in [6.45, 7) is 5.91. The number of amides is 1. The summed E-state index contributed by atoms with van der Waals surface area (Å²) in [7, 11) is 1.69. The van der Waals surface area contributed by atoms with Gasteiger partial charge in [-0.25, -0.2) is 9.78 Å². The van der Waals surface area contributed by atoms with E-state index in [0.717, 1.165) is 31.6 Å². The maximum Gasteiger partial charge on any atom is 0.326 e. The van der Waals surface area contributed by atoms with Crippen molar-refractivity contribution in [1.82, 2.24) is 10.3 Å². The molecule has 1 aromatic heterocycles. The third-order valence-corrected chi connectivity index (χ3v) is 5.06. The van der Waals surface area contributed by atoms with Crippen molar-refractivity contribution in [2.45, 2.75) is 45.3 Å². The predicted molar refractivity (Wildman–Crippen MR) is 104 cm³/mol. The van der Waals surface area contributed by atoms with Gasteiger partial charge in [0.2, 0.25) is 5.88 Å². The Bertz CT molecular complexity index is 714. The zero-order valence-electron chi connectivity index (χ0n) is 16.7. The molecule has 8 heteroatoms. The van der Waals surface area contributed by atoms with E-state index in [4.69, 9.17) is 9.47 Å². The second kappa shape index (κ2) is 8.77. The van der Waals surface area contributed by atoms with Gasteiger partial charge >= 0.3 is 5.97 Å². The molecule has 0 aromatic carbocycles. The average Bonchev–Trinajstić information content (AvgIpc) is 3.43. The summed E-state index contributed by atoms with van der Waals surface area (Å²) in [5.74, 6) is -0.429. The minimum atomic E-state index is -1.05. The first kappa shape index (κ1) is 20.4. The number of nitrogens with one attached hydrogen (secondary N) is 1. The number of methoxy groups -OCH3 is 1. The Morgan fingerprint density at radius 3 is 2.61 bits per heavy atom. The molecule has 2 fully saturated rings. The van der Waals surface area contributed by atoms with Crippen molar-refractivity contribution in [3.05, 3.63) is 17.8 Å². The smallest absolute Gasteiger partial charge is 0.326 e. The number of nitrogens with zero attached hydrogens (tertiary/aromatic N) is 2. The van der Waals surface area contributed by atoms with Crippen LogP contribution in [0.2, 0.25) is 0 Å². The van der Waals surface area contributed by atoms with E-state index in [-0.39, 0.29) is 17.7 Å². The fourth-order valence-electron chi connectivity index (χ4n) is 3.10. The van der Waals surface area contributed by atoms with Gasteiger partial charge in [0.15, 0.2) is 0 Å². The van der Waals surface area contributed by atoms with Crippen molar-refractivity contribution in [1.29, 1.82) is 0 Å². The van der Waals surface area contributed by atoms with Crippen molar-refractivity contribution in [3.63, 3.8) is 0 Å². The van der Waals surface area contributed by atoms with Crippen LogP contribution in [0, 0.1) is 11.8 Å². The quantitative estimate of drug-likeness (QED) is 0.628. The van der Waals surface area contributed by atoms with Crippen molar-refractivity contribution < 1.29 is 24.2 Å². The predicted octanol–water partition coefficient (Wildman–Crippen LogP) is 1.93. The summed E-state index contributed by atoms with van der Waals surface area (Å²) in [4.78, 5) is 30.5. The molecule has 2 aliphatic rings. The molecular formula is C20H29N3O5. The van der Waals surface area contributed by atoms with Crippen molar-refractivity contribution in [3.8, 4) is 5.88 Å². The van der Waals surface area contributed by atoms with Crippen molar-refractivity contribution >= 4 is 17.6 Å². The Labute approximate surface area is 165 Å². The van der Waals surface area contributed by atoms with Crippen LogP contribution in [-0.4, -0.2) is 60.9 Å². The van der Waals surface area contributed by atoms with Gasteiger partial charge in [-0.1, -0.05) is 13.8 Å². The average molecular weight is 391 g/mol. The van der Waals surface area contributed by atoms with Gasteiger partial charge in [-0.3, -0.25) is 4.79 Å².